The number of aryl methyl sites for hydroxylation is 2. The monoisotopic (exact) mass is 306 g/mol. The van der Waals surface area contributed by atoms with Gasteiger partial charge in [-0.3, -0.25) is 9.59 Å². The zero-order chi connectivity index (χ0) is 16.3. The summed E-state index contributed by atoms with van der Waals surface area (Å²) in [6.07, 6.45) is 3.30. The summed E-state index contributed by atoms with van der Waals surface area (Å²) in [7, 11) is 0. The fourth-order valence-electron chi connectivity index (χ4n) is 2.51. The van der Waals surface area contributed by atoms with E-state index in [1.54, 1.807) is 13.0 Å². The number of hydrogen-bond donors (Lipinski definition) is 1. The van der Waals surface area contributed by atoms with Crippen LogP contribution in [0.4, 0.5) is 0 Å². The zero-order valence-corrected chi connectivity index (χ0v) is 13.9. The highest BCUT2D eigenvalue weighted by molar-refractivity contribution is 5.96. The number of amides is 2. The molecule has 5 nitrogen and oxygen atoms in total. The molecule has 0 bridgehead atoms. The molecule has 1 fully saturated rings. The van der Waals surface area contributed by atoms with E-state index in [1.807, 2.05) is 25.7 Å². The first-order chi connectivity index (χ1) is 10.4. The lowest BCUT2D eigenvalue weighted by molar-refractivity contribution is -0.121. The third-order valence-corrected chi connectivity index (χ3v) is 4.12. The minimum absolute atomic E-state index is 0.00731. The summed E-state index contributed by atoms with van der Waals surface area (Å²) in [6.45, 7) is 8.13. The van der Waals surface area contributed by atoms with E-state index >= 15 is 0 Å². The molecule has 1 aromatic heterocycles. The van der Waals surface area contributed by atoms with Crippen LogP contribution in [0.2, 0.25) is 0 Å². The number of nitrogens with zero attached hydrogens (tertiary/aromatic N) is 1. The Morgan fingerprint density at radius 2 is 2.09 bits per heavy atom. The summed E-state index contributed by atoms with van der Waals surface area (Å²) in [5, 5.41) is 2.94. The maximum absolute atomic E-state index is 12.7. The molecule has 1 N–H and O–H groups in total. The molecule has 1 aromatic rings. The van der Waals surface area contributed by atoms with Gasteiger partial charge < -0.3 is 14.6 Å². The molecule has 0 saturated heterocycles. The lowest BCUT2D eigenvalue weighted by Crippen LogP contribution is -2.38. The molecule has 2 amide bonds. The molecule has 0 aliphatic heterocycles. The normalized spacial score (nSPS) is 15.5. The molecule has 1 atom stereocenters. The highest BCUT2D eigenvalue weighted by Gasteiger charge is 2.34. The molecule has 122 valence electrons. The molecule has 0 aromatic carbocycles. The van der Waals surface area contributed by atoms with Gasteiger partial charge in [0.05, 0.1) is 5.56 Å². The Balaban J connectivity index is 1.97. The lowest BCUT2D eigenvalue weighted by Gasteiger charge is -2.22. The van der Waals surface area contributed by atoms with Gasteiger partial charge in [-0.1, -0.05) is 6.92 Å². The third kappa shape index (κ3) is 4.12. The zero-order valence-electron chi connectivity index (χ0n) is 13.9. The molecule has 22 heavy (non-hydrogen) atoms. The number of rotatable bonds is 7. The van der Waals surface area contributed by atoms with Crippen molar-refractivity contribution in [2.75, 3.05) is 6.54 Å². The summed E-state index contributed by atoms with van der Waals surface area (Å²) in [6, 6.07) is 2.24. The standard InChI is InChI=1S/C17H26N2O3/c1-5-11(2)18-16(20)8-9-19(14-6-7-14)17(21)15-10-12(3)22-13(15)4/h10-11,14H,5-9H2,1-4H3,(H,18,20). The maximum atomic E-state index is 12.7. The topological polar surface area (TPSA) is 62.6 Å². The molecule has 0 spiro atoms. The molecule has 1 heterocycles. The molecule has 1 aliphatic rings. The van der Waals surface area contributed by atoms with E-state index in [9.17, 15) is 9.59 Å². The Hall–Kier alpha value is -1.78. The summed E-state index contributed by atoms with van der Waals surface area (Å²) >= 11 is 0. The first kappa shape index (κ1) is 16.6. The van der Waals surface area contributed by atoms with Gasteiger partial charge in [-0.2, -0.15) is 0 Å². The highest BCUT2D eigenvalue weighted by Crippen LogP contribution is 2.29. The molecule has 1 unspecified atom stereocenters. The van der Waals surface area contributed by atoms with Crippen molar-refractivity contribution in [2.45, 2.75) is 65.5 Å². The number of hydrogen-bond acceptors (Lipinski definition) is 3. The van der Waals surface area contributed by atoms with Gasteiger partial charge in [0.15, 0.2) is 0 Å². The van der Waals surface area contributed by atoms with E-state index in [0.717, 1.165) is 25.0 Å². The van der Waals surface area contributed by atoms with Crippen molar-refractivity contribution in [1.82, 2.24) is 10.2 Å². The number of nitrogens with one attached hydrogen (secondary N) is 1. The minimum Gasteiger partial charge on any atom is -0.466 e. The second kappa shape index (κ2) is 6.99. The van der Waals surface area contributed by atoms with Crippen molar-refractivity contribution in [2.24, 2.45) is 0 Å². The molecule has 0 radical (unpaired) electrons. The van der Waals surface area contributed by atoms with Crippen molar-refractivity contribution in [3.8, 4) is 0 Å². The van der Waals surface area contributed by atoms with E-state index in [4.69, 9.17) is 4.42 Å². The Labute approximate surface area is 132 Å². The first-order valence-electron chi connectivity index (χ1n) is 8.09. The first-order valence-corrected chi connectivity index (χ1v) is 8.09. The Morgan fingerprint density at radius 3 is 2.59 bits per heavy atom. The van der Waals surface area contributed by atoms with Gasteiger partial charge in [-0.15, -0.1) is 0 Å². The quantitative estimate of drug-likeness (QED) is 0.842. The lowest BCUT2D eigenvalue weighted by atomic mass is 10.2. The van der Waals surface area contributed by atoms with Gasteiger partial charge in [0.25, 0.3) is 5.91 Å². The van der Waals surface area contributed by atoms with E-state index in [1.165, 1.54) is 0 Å². The predicted molar refractivity (Wildman–Crippen MR) is 84.8 cm³/mol. The summed E-state index contributed by atoms with van der Waals surface area (Å²) in [4.78, 5) is 26.4. The van der Waals surface area contributed by atoms with Gasteiger partial charge in [-0.05, 0) is 46.1 Å². The van der Waals surface area contributed by atoms with Crippen LogP contribution < -0.4 is 5.32 Å². The van der Waals surface area contributed by atoms with Crippen molar-refractivity contribution >= 4 is 11.8 Å². The van der Waals surface area contributed by atoms with Crippen LogP contribution in [0.1, 0.15) is 61.4 Å². The smallest absolute Gasteiger partial charge is 0.257 e. The van der Waals surface area contributed by atoms with Crippen LogP contribution in [-0.4, -0.2) is 35.3 Å². The predicted octanol–water partition coefficient (Wildman–Crippen LogP) is 2.81. The number of furan rings is 1. The summed E-state index contributed by atoms with van der Waals surface area (Å²) in [5.74, 6) is 1.38. The van der Waals surface area contributed by atoms with Crippen LogP contribution in [0.15, 0.2) is 10.5 Å². The Morgan fingerprint density at radius 1 is 1.41 bits per heavy atom. The van der Waals surface area contributed by atoms with Gasteiger partial charge in [-0.25, -0.2) is 0 Å². The van der Waals surface area contributed by atoms with Gasteiger partial charge in [0, 0.05) is 25.0 Å². The Bertz CT molecular complexity index is 546. The molecular formula is C17H26N2O3. The van der Waals surface area contributed by atoms with Crippen LogP contribution in [0, 0.1) is 13.8 Å². The van der Waals surface area contributed by atoms with E-state index in [-0.39, 0.29) is 23.9 Å². The average molecular weight is 306 g/mol. The number of carbonyl (C=O) groups excluding carboxylic acids is 2. The second-order valence-electron chi connectivity index (χ2n) is 6.18. The molecule has 1 saturated carbocycles. The second-order valence-corrected chi connectivity index (χ2v) is 6.18. The molecular weight excluding hydrogens is 280 g/mol. The Kier molecular flexibility index (Phi) is 5.27. The molecule has 2 rings (SSSR count). The fourth-order valence-corrected chi connectivity index (χ4v) is 2.51. The van der Waals surface area contributed by atoms with Crippen LogP contribution >= 0.6 is 0 Å². The van der Waals surface area contributed by atoms with Crippen LogP contribution in [0.5, 0.6) is 0 Å². The highest BCUT2D eigenvalue weighted by atomic mass is 16.3. The summed E-state index contributed by atoms with van der Waals surface area (Å²) in [5.41, 5.74) is 0.617. The fraction of sp³-hybridized carbons (Fsp3) is 0.647. The van der Waals surface area contributed by atoms with Gasteiger partial charge in [0.2, 0.25) is 5.91 Å². The SMILES string of the molecule is CCC(C)NC(=O)CCN(C(=O)c1cc(C)oc1C)C1CC1. The van der Waals surface area contributed by atoms with Crippen LogP contribution in [0.3, 0.4) is 0 Å². The van der Waals surface area contributed by atoms with E-state index in [2.05, 4.69) is 5.32 Å². The van der Waals surface area contributed by atoms with Crippen LogP contribution in [-0.2, 0) is 4.79 Å². The molecule has 5 heteroatoms. The minimum atomic E-state index is -0.0202. The van der Waals surface area contributed by atoms with Crippen molar-refractivity contribution in [3.05, 3.63) is 23.2 Å². The van der Waals surface area contributed by atoms with Crippen LogP contribution in [0.25, 0.3) is 0 Å². The molecule has 1 aliphatic carbocycles. The van der Waals surface area contributed by atoms with Gasteiger partial charge in [0.1, 0.15) is 11.5 Å². The largest absolute Gasteiger partial charge is 0.466 e. The van der Waals surface area contributed by atoms with E-state index < -0.39 is 0 Å². The maximum Gasteiger partial charge on any atom is 0.257 e. The van der Waals surface area contributed by atoms with Gasteiger partial charge >= 0.3 is 0 Å². The van der Waals surface area contributed by atoms with E-state index in [0.29, 0.717) is 24.3 Å². The average Bonchev–Trinajstić information content (AvgIpc) is 3.23. The number of carbonyl (C=O) groups is 2. The van der Waals surface area contributed by atoms with Crippen molar-refractivity contribution in [3.63, 3.8) is 0 Å². The van der Waals surface area contributed by atoms with Crippen molar-refractivity contribution < 1.29 is 14.0 Å². The summed E-state index contributed by atoms with van der Waals surface area (Å²) < 4.78 is 5.45. The third-order valence-electron chi connectivity index (χ3n) is 4.12. The van der Waals surface area contributed by atoms with Crippen molar-refractivity contribution in [1.29, 1.82) is 0 Å².